The van der Waals surface area contributed by atoms with Crippen LogP contribution in [0.4, 0.5) is 5.69 Å². The van der Waals surface area contributed by atoms with E-state index in [9.17, 15) is 9.59 Å². The molecule has 8 heteroatoms. The van der Waals surface area contributed by atoms with E-state index in [0.29, 0.717) is 10.2 Å². The molecular formula is C13H9BrClN3O3. The summed E-state index contributed by atoms with van der Waals surface area (Å²) in [7, 11) is 0. The smallest absolute Gasteiger partial charge is 0.277 e. The van der Waals surface area contributed by atoms with Gasteiger partial charge in [-0.3, -0.25) is 14.5 Å². The van der Waals surface area contributed by atoms with E-state index in [-0.39, 0.29) is 29.4 Å². The van der Waals surface area contributed by atoms with E-state index < -0.39 is 11.8 Å². The van der Waals surface area contributed by atoms with Gasteiger partial charge in [-0.05, 0) is 28.1 Å². The average molecular weight is 371 g/mol. The molecule has 2 N–H and O–H groups in total. The summed E-state index contributed by atoms with van der Waals surface area (Å²) in [5.74, 6) is -1.07. The summed E-state index contributed by atoms with van der Waals surface area (Å²) in [6, 6.07) is 5.13. The fraction of sp³-hybridized carbons (Fsp3) is 0.154. The number of aliphatic hydroxyl groups excluding tert-OH is 1. The van der Waals surface area contributed by atoms with Crippen molar-refractivity contribution in [2.75, 3.05) is 18.5 Å². The number of aliphatic hydroxyl groups is 1. The molecule has 0 spiro atoms. The Hall–Kier alpha value is -1.88. The number of halogens is 2. The lowest BCUT2D eigenvalue weighted by Gasteiger charge is -2.14. The second-order valence-corrected chi connectivity index (χ2v) is 5.33. The van der Waals surface area contributed by atoms with Crippen LogP contribution in [-0.4, -0.2) is 35.0 Å². The molecule has 0 saturated heterocycles. The number of benzene rings is 1. The van der Waals surface area contributed by atoms with E-state index >= 15 is 0 Å². The second kappa shape index (κ2) is 6.26. The van der Waals surface area contributed by atoms with Crippen molar-refractivity contribution in [2.24, 2.45) is 0 Å². The summed E-state index contributed by atoms with van der Waals surface area (Å²) in [6.07, 6.45) is 1.12. The first-order valence-electron chi connectivity index (χ1n) is 5.83. The van der Waals surface area contributed by atoms with Crippen molar-refractivity contribution >= 4 is 45.0 Å². The van der Waals surface area contributed by atoms with Gasteiger partial charge in [0.2, 0.25) is 0 Å². The van der Waals surface area contributed by atoms with Gasteiger partial charge in [-0.25, -0.2) is 0 Å². The predicted octanol–water partition coefficient (Wildman–Crippen LogP) is 1.63. The first-order chi connectivity index (χ1) is 9.99. The summed E-state index contributed by atoms with van der Waals surface area (Å²) in [6.45, 7) is -0.391. The van der Waals surface area contributed by atoms with Crippen LogP contribution in [0.1, 0.15) is 5.56 Å². The van der Waals surface area contributed by atoms with Gasteiger partial charge in [0.1, 0.15) is 11.8 Å². The van der Waals surface area contributed by atoms with Crippen molar-refractivity contribution in [3.63, 3.8) is 0 Å². The number of hydrogen-bond acceptors (Lipinski definition) is 5. The number of imide groups is 1. The van der Waals surface area contributed by atoms with E-state index in [2.05, 4.69) is 21.2 Å². The van der Waals surface area contributed by atoms with Crippen LogP contribution in [-0.2, 0) is 9.59 Å². The molecule has 1 aliphatic heterocycles. The van der Waals surface area contributed by atoms with Gasteiger partial charge >= 0.3 is 0 Å². The zero-order chi connectivity index (χ0) is 15.6. The van der Waals surface area contributed by atoms with E-state index in [1.165, 1.54) is 0 Å². The first-order valence-corrected chi connectivity index (χ1v) is 7.00. The molecule has 108 valence electrons. The molecule has 2 amide bonds. The molecule has 0 aliphatic carbocycles. The number of amides is 2. The molecule has 21 heavy (non-hydrogen) atoms. The SMILES string of the molecule is N#Cc1c(NC2=CC(=O)N(CCO)C2=O)ccc(Br)c1Cl. The number of β-amino-alcohol motifs (C(OH)–C–C–N with tert-alkyl or cyclic N) is 1. The zero-order valence-corrected chi connectivity index (χ0v) is 12.9. The highest BCUT2D eigenvalue weighted by atomic mass is 79.9. The molecule has 1 aliphatic rings. The number of nitrogens with zero attached hydrogens (tertiary/aromatic N) is 2. The highest BCUT2D eigenvalue weighted by Crippen LogP contribution is 2.32. The van der Waals surface area contributed by atoms with Gasteiger partial charge in [-0.1, -0.05) is 11.6 Å². The number of nitrogens with one attached hydrogen (secondary N) is 1. The standard InChI is InChI=1S/C13H9BrClN3O3/c14-8-1-2-9(7(6-16)12(8)15)17-10-5-11(20)18(3-4-19)13(10)21/h1-2,5,17,19H,3-4H2. The first kappa shape index (κ1) is 15.5. The molecule has 1 aromatic rings. The zero-order valence-electron chi connectivity index (χ0n) is 10.6. The summed E-state index contributed by atoms with van der Waals surface area (Å²) in [4.78, 5) is 24.5. The molecule has 0 fully saturated rings. The Kier molecular flexibility index (Phi) is 4.63. The largest absolute Gasteiger partial charge is 0.395 e. The quantitative estimate of drug-likeness (QED) is 0.786. The van der Waals surface area contributed by atoms with E-state index in [4.69, 9.17) is 22.0 Å². The van der Waals surface area contributed by atoms with Crippen LogP contribution in [0.2, 0.25) is 5.02 Å². The molecule has 0 unspecified atom stereocenters. The Bertz CT molecular complexity index is 697. The highest BCUT2D eigenvalue weighted by molar-refractivity contribution is 9.10. The lowest BCUT2D eigenvalue weighted by atomic mass is 10.2. The van der Waals surface area contributed by atoms with Crippen molar-refractivity contribution in [1.29, 1.82) is 5.26 Å². The maximum absolute atomic E-state index is 12.0. The fourth-order valence-electron chi connectivity index (χ4n) is 1.82. The van der Waals surface area contributed by atoms with Crippen molar-refractivity contribution < 1.29 is 14.7 Å². The second-order valence-electron chi connectivity index (χ2n) is 4.10. The number of carbonyl (C=O) groups excluding carboxylic acids is 2. The normalized spacial score (nSPS) is 14.2. The monoisotopic (exact) mass is 369 g/mol. The minimum Gasteiger partial charge on any atom is -0.395 e. The van der Waals surface area contributed by atoms with Crippen LogP contribution < -0.4 is 5.32 Å². The minimum absolute atomic E-state index is 0.0309. The van der Waals surface area contributed by atoms with Gasteiger partial charge in [0.05, 0.1) is 29.4 Å². The molecule has 1 aromatic carbocycles. The van der Waals surface area contributed by atoms with Crippen molar-refractivity contribution in [3.8, 4) is 6.07 Å². The molecular weight excluding hydrogens is 362 g/mol. The number of carbonyl (C=O) groups is 2. The number of rotatable bonds is 4. The molecule has 1 heterocycles. The lowest BCUT2D eigenvalue weighted by molar-refractivity contribution is -0.137. The topological polar surface area (TPSA) is 93.4 Å². The van der Waals surface area contributed by atoms with Gasteiger partial charge in [0.25, 0.3) is 11.8 Å². The van der Waals surface area contributed by atoms with E-state index in [1.54, 1.807) is 12.1 Å². The van der Waals surface area contributed by atoms with Crippen LogP contribution in [0.3, 0.4) is 0 Å². The van der Waals surface area contributed by atoms with E-state index in [0.717, 1.165) is 11.0 Å². The molecule has 6 nitrogen and oxygen atoms in total. The molecule has 0 radical (unpaired) electrons. The number of hydrogen-bond donors (Lipinski definition) is 2. The van der Waals surface area contributed by atoms with Crippen LogP contribution in [0.25, 0.3) is 0 Å². The van der Waals surface area contributed by atoms with Crippen molar-refractivity contribution in [1.82, 2.24) is 4.90 Å². The Morgan fingerprint density at radius 2 is 2.14 bits per heavy atom. The third kappa shape index (κ3) is 2.93. The lowest BCUT2D eigenvalue weighted by Crippen LogP contribution is -2.34. The maximum Gasteiger partial charge on any atom is 0.277 e. The van der Waals surface area contributed by atoms with Crippen LogP contribution in [0.15, 0.2) is 28.4 Å². The summed E-state index contributed by atoms with van der Waals surface area (Å²) in [5.41, 5.74) is 0.514. The van der Waals surface area contributed by atoms with Gasteiger partial charge in [-0.15, -0.1) is 0 Å². The minimum atomic E-state index is -0.558. The molecule has 0 bridgehead atoms. The summed E-state index contributed by atoms with van der Waals surface area (Å²) < 4.78 is 0.552. The van der Waals surface area contributed by atoms with Crippen LogP contribution >= 0.6 is 27.5 Å². The third-order valence-electron chi connectivity index (χ3n) is 2.81. The van der Waals surface area contributed by atoms with Crippen LogP contribution in [0.5, 0.6) is 0 Å². The number of nitriles is 1. The molecule has 0 aromatic heterocycles. The Morgan fingerprint density at radius 1 is 1.43 bits per heavy atom. The van der Waals surface area contributed by atoms with Gasteiger partial charge in [0.15, 0.2) is 0 Å². The van der Waals surface area contributed by atoms with Gasteiger partial charge < -0.3 is 10.4 Å². The van der Waals surface area contributed by atoms with Gasteiger partial charge in [-0.2, -0.15) is 5.26 Å². The summed E-state index contributed by atoms with van der Waals surface area (Å²) in [5, 5.41) is 20.9. The Labute approximate surface area is 133 Å². The van der Waals surface area contributed by atoms with Crippen molar-refractivity contribution in [2.45, 2.75) is 0 Å². The van der Waals surface area contributed by atoms with Crippen molar-refractivity contribution in [3.05, 3.63) is 39.0 Å². The highest BCUT2D eigenvalue weighted by Gasteiger charge is 2.31. The Morgan fingerprint density at radius 3 is 2.76 bits per heavy atom. The fourth-order valence-corrected chi connectivity index (χ4v) is 2.36. The summed E-state index contributed by atoms with van der Waals surface area (Å²) >= 11 is 9.21. The Balaban J connectivity index is 2.31. The van der Waals surface area contributed by atoms with E-state index in [1.807, 2.05) is 6.07 Å². The molecule has 0 atom stereocenters. The predicted molar refractivity (Wildman–Crippen MR) is 79.4 cm³/mol. The molecule has 0 saturated carbocycles. The average Bonchev–Trinajstić information content (AvgIpc) is 2.71. The maximum atomic E-state index is 12.0. The van der Waals surface area contributed by atoms with Crippen LogP contribution in [0, 0.1) is 11.3 Å². The number of anilines is 1. The third-order valence-corrected chi connectivity index (χ3v) is 4.09. The van der Waals surface area contributed by atoms with Gasteiger partial charge in [0, 0.05) is 10.5 Å². The molecule has 2 rings (SSSR count).